The zero-order chi connectivity index (χ0) is 12.2. The summed E-state index contributed by atoms with van der Waals surface area (Å²) >= 11 is 0. The highest BCUT2D eigenvalue weighted by molar-refractivity contribution is 5.32. The average molecular weight is 226 g/mol. The van der Waals surface area contributed by atoms with E-state index in [0.717, 1.165) is 6.54 Å². The Morgan fingerprint density at radius 1 is 1.31 bits per heavy atom. The van der Waals surface area contributed by atoms with Gasteiger partial charge in [-0.15, -0.1) is 0 Å². The van der Waals surface area contributed by atoms with Gasteiger partial charge in [0.25, 0.3) is 0 Å². The van der Waals surface area contributed by atoms with E-state index in [4.69, 9.17) is 4.74 Å². The Balaban J connectivity index is 2.95. The van der Waals surface area contributed by atoms with Crippen molar-refractivity contribution in [2.24, 2.45) is 0 Å². The number of methoxy groups -OCH3 is 1. The first kappa shape index (κ1) is 12.5. The molecular weight excluding hydrogens is 206 g/mol. The van der Waals surface area contributed by atoms with Gasteiger partial charge in [-0.05, 0) is 32.7 Å². The fourth-order valence-corrected chi connectivity index (χ4v) is 1.12. The molecule has 1 aromatic rings. The first-order chi connectivity index (χ1) is 7.44. The molecule has 16 heavy (non-hydrogen) atoms. The second-order valence-corrected chi connectivity index (χ2v) is 4.44. The van der Waals surface area contributed by atoms with Crippen LogP contribution in [0.15, 0.2) is 0 Å². The third-order valence-corrected chi connectivity index (χ3v) is 1.67. The summed E-state index contributed by atoms with van der Waals surface area (Å²) in [6.45, 7) is 8.93. The molecule has 0 bridgehead atoms. The molecule has 0 unspecified atom stereocenters. The van der Waals surface area contributed by atoms with E-state index >= 15 is 0 Å². The van der Waals surface area contributed by atoms with Crippen LogP contribution in [-0.4, -0.2) is 29.2 Å². The molecule has 0 aliphatic carbocycles. The molecule has 0 aromatic carbocycles. The summed E-state index contributed by atoms with van der Waals surface area (Å²) in [4.78, 5) is 11.4. The van der Waals surface area contributed by atoms with E-state index in [1.54, 1.807) is 7.11 Å². The lowest BCUT2D eigenvalue weighted by molar-refractivity contribution is -0.385. The van der Waals surface area contributed by atoms with Gasteiger partial charge < -0.3 is 10.1 Å². The van der Waals surface area contributed by atoms with Gasteiger partial charge in [0.05, 0.1) is 7.11 Å². The monoisotopic (exact) mass is 226 g/mol. The van der Waals surface area contributed by atoms with Crippen LogP contribution >= 0.6 is 0 Å². The van der Waals surface area contributed by atoms with Crippen LogP contribution in [0.4, 0.5) is 11.9 Å². The molecule has 90 valence electrons. The second kappa shape index (κ2) is 4.96. The third-order valence-electron chi connectivity index (χ3n) is 1.67. The Morgan fingerprint density at radius 2 is 2.00 bits per heavy atom. The highest BCUT2D eigenvalue weighted by atomic mass is 16.5. The summed E-state index contributed by atoms with van der Waals surface area (Å²) in [5.74, 6) is 1.18. The van der Waals surface area contributed by atoms with E-state index in [1.807, 2.05) is 27.7 Å². The Kier molecular flexibility index (Phi) is 3.87. The van der Waals surface area contributed by atoms with Crippen LogP contribution < -0.4 is 20.4 Å². The Morgan fingerprint density at radius 3 is 2.50 bits per heavy atom. The Hall–Kier alpha value is -1.59. The molecule has 0 atom stereocenters. The molecule has 0 saturated carbocycles. The number of rotatable bonds is 4. The SMILES string of the molecule is CCNc1nc(NC(C)(C)C)nc(OC)[nH+]1. The summed E-state index contributed by atoms with van der Waals surface area (Å²) in [5, 5.41) is 6.27. The number of nitrogens with zero attached hydrogens (tertiary/aromatic N) is 2. The summed E-state index contributed by atoms with van der Waals surface area (Å²) in [6, 6.07) is 0.428. The molecule has 6 nitrogen and oxygen atoms in total. The number of aromatic nitrogens is 3. The number of ether oxygens (including phenoxy) is 1. The number of nitrogens with one attached hydrogen (secondary N) is 3. The van der Waals surface area contributed by atoms with Gasteiger partial charge in [0.1, 0.15) is 0 Å². The molecule has 0 spiro atoms. The van der Waals surface area contributed by atoms with Crippen LogP contribution in [-0.2, 0) is 0 Å². The van der Waals surface area contributed by atoms with Crippen molar-refractivity contribution in [1.82, 2.24) is 9.97 Å². The van der Waals surface area contributed by atoms with Crippen molar-refractivity contribution >= 4 is 11.9 Å². The number of hydrogen-bond acceptors (Lipinski definition) is 5. The van der Waals surface area contributed by atoms with Gasteiger partial charge >= 0.3 is 17.9 Å². The van der Waals surface area contributed by atoms with E-state index in [-0.39, 0.29) is 5.54 Å². The lowest BCUT2D eigenvalue weighted by atomic mass is 10.1. The Bertz CT molecular complexity index is 348. The summed E-state index contributed by atoms with van der Waals surface area (Å²) < 4.78 is 5.07. The van der Waals surface area contributed by atoms with Crippen molar-refractivity contribution in [2.75, 3.05) is 24.3 Å². The minimum atomic E-state index is -0.0875. The van der Waals surface area contributed by atoms with Gasteiger partial charge in [-0.1, -0.05) is 4.98 Å². The first-order valence-electron chi connectivity index (χ1n) is 5.32. The van der Waals surface area contributed by atoms with Gasteiger partial charge in [0, 0.05) is 12.1 Å². The highest BCUT2D eigenvalue weighted by Gasteiger charge is 2.18. The molecule has 0 radical (unpaired) electrons. The molecule has 1 aromatic heterocycles. The maximum atomic E-state index is 5.07. The zero-order valence-electron chi connectivity index (χ0n) is 10.5. The molecule has 6 heteroatoms. The average Bonchev–Trinajstić information content (AvgIpc) is 2.15. The molecule has 0 saturated heterocycles. The zero-order valence-corrected chi connectivity index (χ0v) is 10.5. The van der Waals surface area contributed by atoms with Crippen LogP contribution in [0, 0.1) is 0 Å². The predicted octanol–water partition coefficient (Wildman–Crippen LogP) is 0.941. The largest absolute Gasteiger partial charge is 0.450 e. The van der Waals surface area contributed by atoms with E-state index in [2.05, 4.69) is 25.6 Å². The van der Waals surface area contributed by atoms with Crippen molar-refractivity contribution in [1.29, 1.82) is 0 Å². The number of anilines is 2. The van der Waals surface area contributed by atoms with Crippen molar-refractivity contribution in [3.63, 3.8) is 0 Å². The summed E-state index contributed by atoms with van der Waals surface area (Å²) in [5.41, 5.74) is -0.0875. The van der Waals surface area contributed by atoms with E-state index < -0.39 is 0 Å². The fraction of sp³-hybridized carbons (Fsp3) is 0.700. The molecule has 0 fully saturated rings. The van der Waals surface area contributed by atoms with Gasteiger partial charge in [-0.2, -0.15) is 0 Å². The number of hydrogen-bond donors (Lipinski definition) is 2. The van der Waals surface area contributed by atoms with Crippen molar-refractivity contribution < 1.29 is 9.72 Å². The minimum Gasteiger partial charge on any atom is -0.450 e. The smallest absolute Gasteiger partial charge is 0.403 e. The molecule has 1 rings (SSSR count). The molecule has 0 aliphatic heterocycles. The summed E-state index contributed by atoms with van der Waals surface area (Å²) in [6.07, 6.45) is 0. The molecule has 0 amide bonds. The lowest BCUT2D eigenvalue weighted by Gasteiger charge is -2.18. The molecule has 0 aliphatic rings. The topological polar surface area (TPSA) is 73.2 Å². The van der Waals surface area contributed by atoms with Crippen molar-refractivity contribution in [3.8, 4) is 6.01 Å². The maximum absolute atomic E-state index is 5.07. The first-order valence-corrected chi connectivity index (χ1v) is 5.32. The van der Waals surface area contributed by atoms with Crippen LogP contribution in [0.2, 0.25) is 0 Å². The maximum Gasteiger partial charge on any atom is 0.403 e. The quantitative estimate of drug-likeness (QED) is 0.799. The summed E-state index contributed by atoms with van der Waals surface area (Å²) in [7, 11) is 1.56. The molecular formula is C10H20N5O+. The van der Waals surface area contributed by atoms with E-state index in [1.165, 1.54) is 0 Å². The van der Waals surface area contributed by atoms with Gasteiger partial charge in [0.2, 0.25) is 0 Å². The normalized spacial score (nSPS) is 11.1. The van der Waals surface area contributed by atoms with E-state index in [0.29, 0.717) is 17.9 Å². The van der Waals surface area contributed by atoms with Crippen LogP contribution in [0.5, 0.6) is 6.01 Å². The van der Waals surface area contributed by atoms with Gasteiger partial charge in [0.15, 0.2) is 0 Å². The van der Waals surface area contributed by atoms with E-state index in [9.17, 15) is 0 Å². The van der Waals surface area contributed by atoms with Gasteiger partial charge in [-0.25, -0.2) is 4.98 Å². The number of aromatic amines is 1. The standard InChI is InChI=1S/C10H19N5O/c1-6-11-7-12-8(15-10(2,3)4)14-9(13-7)16-5/h6H2,1-5H3,(H2,11,12,13,14,15)/p+1. The fourth-order valence-electron chi connectivity index (χ4n) is 1.12. The highest BCUT2D eigenvalue weighted by Crippen LogP contribution is 2.11. The van der Waals surface area contributed by atoms with Crippen molar-refractivity contribution in [3.05, 3.63) is 0 Å². The number of H-pyrrole nitrogens is 1. The van der Waals surface area contributed by atoms with Gasteiger partial charge in [-0.3, -0.25) is 5.32 Å². The second-order valence-electron chi connectivity index (χ2n) is 4.44. The van der Waals surface area contributed by atoms with Crippen LogP contribution in [0.1, 0.15) is 27.7 Å². The van der Waals surface area contributed by atoms with Crippen LogP contribution in [0.25, 0.3) is 0 Å². The molecule has 1 heterocycles. The third kappa shape index (κ3) is 3.88. The van der Waals surface area contributed by atoms with Crippen LogP contribution in [0.3, 0.4) is 0 Å². The Labute approximate surface area is 95.9 Å². The molecule has 3 N–H and O–H groups in total. The van der Waals surface area contributed by atoms with Crippen molar-refractivity contribution in [2.45, 2.75) is 33.2 Å². The predicted molar refractivity (Wildman–Crippen MR) is 62.7 cm³/mol. The lowest BCUT2D eigenvalue weighted by Crippen LogP contribution is -2.29. The minimum absolute atomic E-state index is 0.0875.